The van der Waals surface area contributed by atoms with Crippen molar-refractivity contribution in [3.05, 3.63) is 133 Å². The first kappa shape index (κ1) is 100. The molecule has 4 aromatic rings. The number of nitrogens with zero attached hydrogens (tertiary/aromatic N) is 4. The molecule has 0 fully saturated rings. The predicted octanol–water partition coefficient (Wildman–Crippen LogP) is 22.3. The summed E-state index contributed by atoms with van der Waals surface area (Å²) in [4.78, 5) is 55.0. The van der Waals surface area contributed by atoms with Crippen molar-refractivity contribution < 1.29 is 44.3 Å². The molecule has 7 N–H and O–H groups in total. The summed E-state index contributed by atoms with van der Waals surface area (Å²) >= 11 is 0. The number of unbranched alkanes of at least 4 members (excludes halogenated alkanes) is 39. The normalized spacial score (nSPS) is 13.1. The quantitative estimate of drug-likeness (QED) is 0.0161. The number of aliphatic hydroxyl groups excluding tert-OH is 4. The van der Waals surface area contributed by atoms with E-state index in [-0.39, 0.29) is 50.8 Å². The van der Waals surface area contributed by atoms with Gasteiger partial charge >= 0.3 is 0 Å². The molecule has 0 spiro atoms. The number of hydrogen-bond acceptors (Lipinski definition) is 13. The number of carbonyl (C=O) groups excluding carboxylic acids is 3. The van der Waals surface area contributed by atoms with E-state index in [0.717, 1.165) is 130 Å². The molecular formula is C94H157N7O9. The van der Waals surface area contributed by atoms with Crippen molar-refractivity contribution in [2.45, 2.75) is 399 Å². The second-order valence-corrected chi connectivity index (χ2v) is 30.2. The summed E-state index contributed by atoms with van der Waals surface area (Å²) in [6.45, 7) is 13.5. The van der Waals surface area contributed by atoms with E-state index in [0.29, 0.717) is 19.3 Å². The highest BCUT2D eigenvalue weighted by atomic mass is 16.5. The predicted molar refractivity (Wildman–Crippen MR) is 458 cm³/mol. The van der Waals surface area contributed by atoms with E-state index in [1.165, 1.54) is 193 Å². The van der Waals surface area contributed by atoms with Crippen LogP contribution in [0.4, 0.5) is 0 Å². The van der Waals surface area contributed by atoms with E-state index in [9.17, 15) is 34.8 Å². The van der Waals surface area contributed by atoms with Crippen molar-refractivity contribution in [2.75, 3.05) is 19.8 Å². The highest BCUT2D eigenvalue weighted by Gasteiger charge is 2.23. The minimum absolute atomic E-state index is 0.0415. The number of pyridine rings is 4. The summed E-state index contributed by atoms with van der Waals surface area (Å²) in [6, 6.07) is 21.5. The Bertz CT molecular complexity index is 2820. The fourth-order valence-corrected chi connectivity index (χ4v) is 13.1. The van der Waals surface area contributed by atoms with Gasteiger partial charge in [0.15, 0.2) is 0 Å². The van der Waals surface area contributed by atoms with Crippen molar-refractivity contribution in [2.24, 2.45) is 0 Å². The zero-order chi connectivity index (χ0) is 79.6. The Kier molecular flexibility index (Phi) is 66.6. The monoisotopic (exact) mass is 1530 g/mol. The van der Waals surface area contributed by atoms with Crippen LogP contribution < -0.4 is 16.0 Å². The van der Waals surface area contributed by atoms with Gasteiger partial charge in [0.2, 0.25) is 17.7 Å². The molecule has 0 aliphatic carbocycles. The Morgan fingerprint density at radius 3 is 1.02 bits per heavy atom. The van der Waals surface area contributed by atoms with Gasteiger partial charge in [-0.05, 0) is 106 Å². The van der Waals surface area contributed by atoms with Crippen LogP contribution >= 0.6 is 0 Å². The third kappa shape index (κ3) is 55.4. The number of rotatable bonds is 68. The Morgan fingerprint density at radius 1 is 0.355 bits per heavy atom. The van der Waals surface area contributed by atoms with E-state index in [1.54, 1.807) is 18.5 Å². The molecule has 16 nitrogen and oxygen atoms in total. The number of allylic oxidation sites excluding steroid dienone is 3. The van der Waals surface area contributed by atoms with Crippen LogP contribution in [0.15, 0.2) is 122 Å². The number of carbonyl (C=O) groups is 3. The van der Waals surface area contributed by atoms with Gasteiger partial charge in [0.1, 0.15) is 0 Å². The molecule has 3 unspecified atom stereocenters. The largest absolute Gasteiger partial charge is 0.394 e. The molecule has 4 aromatic heterocycles. The van der Waals surface area contributed by atoms with Crippen molar-refractivity contribution >= 4 is 17.7 Å². The van der Waals surface area contributed by atoms with E-state index < -0.39 is 36.4 Å². The van der Waals surface area contributed by atoms with Crippen LogP contribution in [0.3, 0.4) is 0 Å². The summed E-state index contributed by atoms with van der Waals surface area (Å²) in [7, 11) is 0. The molecular weight excluding hydrogens is 1370 g/mol. The molecule has 3 amide bonds. The number of hydrogen-bond donors (Lipinski definition) is 7. The summed E-state index contributed by atoms with van der Waals surface area (Å²) in [5.41, 5.74) is 4.76. The lowest BCUT2D eigenvalue weighted by Gasteiger charge is -2.24. The molecule has 4 heterocycles. The van der Waals surface area contributed by atoms with E-state index in [2.05, 4.69) is 78.5 Å². The maximum atomic E-state index is 12.5. The molecule has 110 heavy (non-hydrogen) atoms. The lowest BCUT2D eigenvalue weighted by atomic mass is 10.0. The highest BCUT2D eigenvalue weighted by molar-refractivity contribution is 5.77. The van der Waals surface area contributed by atoms with Gasteiger partial charge < -0.3 is 45.9 Å². The molecule has 0 saturated heterocycles. The minimum Gasteiger partial charge on any atom is -0.394 e. The van der Waals surface area contributed by atoms with Crippen LogP contribution in [0.25, 0.3) is 22.8 Å². The molecule has 0 bridgehead atoms. The lowest BCUT2D eigenvalue weighted by Crippen LogP contribution is -2.46. The number of aromatic nitrogens is 4. The summed E-state index contributed by atoms with van der Waals surface area (Å²) < 4.78 is 12.2. The van der Waals surface area contributed by atoms with Crippen LogP contribution in [0.1, 0.15) is 361 Å². The van der Waals surface area contributed by atoms with Gasteiger partial charge in [0, 0.05) is 31.7 Å². The number of aliphatic hydroxyl groups is 4. The Morgan fingerprint density at radius 2 is 0.664 bits per heavy atom. The van der Waals surface area contributed by atoms with Gasteiger partial charge in [-0.25, -0.2) is 9.97 Å². The maximum absolute atomic E-state index is 12.5. The summed E-state index contributed by atoms with van der Waals surface area (Å²) in [5, 5.41) is 49.3. The highest BCUT2D eigenvalue weighted by Crippen LogP contribution is 2.21. The second kappa shape index (κ2) is 73.2. The van der Waals surface area contributed by atoms with Gasteiger partial charge in [0.05, 0.1) is 104 Å². The molecule has 0 saturated carbocycles. The first-order chi connectivity index (χ1) is 54.0. The standard InChI is InChI=1S/2C35H55N3O3.C24H47NO3/c1-3-5-7-8-9-10-11-12-13-14-15-16-18-25-34(33(28-39)38-35(40)26-17-6-4-2)41-29-30-22-21-24-32(37-30)31-23-19-20-27-36-31;1-3-5-7-8-9-10-11-12-13-14-15-16-18-25-34(39)33(38-35(40)26-17-6-4-2)29-41-28-30-22-21-24-32(37-30)31-23-19-20-27-36-31;1-3-5-7-8-9-10-11-12-13-14-15-16-18-19-23(27)22(21-26)25-24(28)20-17-6-4-2/h2*18-25,27,33-34,39H,3-17,26,28-29H2,1-2H3,(H,38,40);18-19,22-23,26-27H,3-17,20-21H2,1-2H3,(H,25,28)/b2*25-18+;19-18+/t2*33?,34-;22?,23-/m111/s1. The number of amides is 3. The maximum Gasteiger partial charge on any atom is 0.220 e. The van der Waals surface area contributed by atoms with Crippen LogP contribution in [0.2, 0.25) is 0 Å². The number of nitrogens with one attached hydrogen (secondary N) is 3. The van der Waals surface area contributed by atoms with Crippen LogP contribution in [0.5, 0.6) is 0 Å². The third-order valence-electron chi connectivity index (χ3n) is 20.0. The Hall–Kier alpha value is -6.01. The second-order valence-electron chi connectivity index (χ2n) is 30.2. The van der Waals surface area contributed by atoms with Gasteiger partial charge in [-0.1, -0.05) is 333 Å². The molecule has 0 aliphatic rings. The Balaban J connectivity index is 0.000000572. The van der Waals surface area contributed by atoms with Crippen LogP contribution in [0, 0.1) is 0 Å². The first-order valence-electron chi connectivity index (χ1n) is 44.4. The first-order valence-corrected chi connectivity index (χ1v) is 44.4. The van der Waals surface area contributed by atoms with Crippen LogP contribution in [-0.2, 0) is 37.1 Å². The number of ether oxygens (including phenoxy) is 2. The van der Waals surface area contributed by atoms with Crippen LogP contribution in [-0.4, -0.2) is 114 Å². The fraction of sp³-hybridized carbons (Fsp3) is 0.691. The molecule has 0 aliphatic heterocycles. The van der Waals surface area contributed by atoms with Crippen molar-refractivity contribution in [3.8, 4) is 22.8 Å². The Labute approximate surface area is 669 Å². The average Bonchev–Trinajstić information content (AvgIpc) is 0.865. The molecule has 4 rings (SSSR count). The molecule has 0 radical (unpaired) electrons. The zero-order valence-corrected chi connectivity index (χ0v) is 70.1. The SMILES string of the molecule is CCCCCCCCCCCCC/C=C/[C@@H](O)C(CO)NC(=O)CCCCC.CCCCCCCCCCCCC/C=C/[C@@H](O)C(COCc1cccc(-c2ccccn2)n1)NC(=O)CCCCC.CCCCCCCCCCCCC/C=C/[C@@H](OCc1cccc(-c2ccccn2)n1)C(CO)NC(=O)CCCCC. The van der Waals surface area contributed by atoms with Crippen molar-refractivity contribution in [1.82, 2.24) is 35.9 Å². The summed E-state index contributed by atoms with van der Waals surface area (Å²) in [6.07, 6.45) is 69.9. The fourth-order valence-electron chi connectivity index (χ4n) is 13.1. The zero-order valence-electron chi connectivity index (χ0n) is 70.1. The van der Waals surface area contributed by atoms with E-state index in [4.69, 9.17) is 14.5 Å². The molecule has 16 heteroatoms. The smallest absolute Gasteiger partial charge is 0.220 e. The van der Waals surface area contributed by atoms with Crippen molar-refractivity contribution in [1.29, 1.82) is 0 Å². The average molecular weight is 1530 g/mol. The summed E-state index contributed by atoms with van der Waals surface area (Å²) in [5.74, 6) is -0.175. The lowest BCUT2D eigenvalue weighted by molar-refractivity contribution is -0.124. The topological polar surface area (TPSA) is 238 Å². The molecule has 0 aromatic carbocycles. The van der Waals surface area contributed by atoms with Gasteiger partial charge in [-0.2, -0.15) is 0 Å². The van der Waals surface area contributed by atoms with Gasteiger partial charge in [0.25, 0.3) is 0 Å². The third-order valence-corrected chi connectivity index (χ3v) is 20.0. The minimum atomic E-state index is -0.826. The molecule has 6 atom stereocenters. The van der Waals surface area contributed by atoms with E-state index in [1.807, 2.05) is 97.1 Å². The van der Waals surface area contributed by atoms with E-state index >= 15 is 0 Å². The molecule has 622 valence electrons. The van der Waals surface area contributed by atoms with Gasteiger partial charge in [-0.3, -0.25) is 24.4 Å². The van der Waals surface area contributed by atoms with Gasteiger partial charge in [-0.15, -0.1) is 0 Å². The van der Waals surface area contributed by atoms with Crippen molar-refractivity contribution in [3.63, 3.8) is 0 Å².